The van der Waals surface area contributed by atoms with Gasteiger partial charge in [0.15, 0.2) is 5.82 Å². The van der Waals surface area contributed by atoms with Gasteiger partial charge in [0, 0.05) is 33.5 Å². The van der Waals surface area contributed by atoms with Crippen LogP contribution in [0.5, 0.6) is 0 Å². The first-order valence-corrected chi connectivity index (χ1v) is 3.32. The molecule has 0 aromatic carbocycles. The first-order valence-electron chi connectivity index (χ1n) is 3.32. The van der Waals surface area contributed by atoms with Gasteiger partial charge in [-0.15, -0.1) is 0 Å². The molecule has 60 valence electrons. The van der Waals surface area contributed by atoms with Gasteiger partial charge in [-0.3, -0.25) is 4.79 Å². The lowest BCUT2D eigenvalue weighted by Crippen LogP contribution is -2.24. The van der Waals surface area contributed by atoms with Crippen LogP contribution in [0, 0.1) is 0 Å². The van der Waals surface area contributed by atoms with Gasteiger partial charge in [-0.1, -0.05) is 0 Å². The molecule has 4 nitrogen and oxygen atoms in total. The van der Waals surface area contributed by atoms with Crippen molar-refractivity contribution in [3.8, 4) is 0 Å². The number of amides is 1. The summed E-state index contributed by atoms with van der Waals surface area (Å²) in [6.07, 6.45) is 3.35. The molecule has 0 aliphatic heterocycles. The zero-order chi connectivity index (χ0) is 8.43. The molecule has 0 bridgehead atoms. The molecular weight excluding hydrogens is 142 g/mol. The highest BCUT2D eigenvalue weighted by molar-refractivity contribution is 5.90. The summed E-state index contributed by atoms with van der Waals surface area (Å²) in [5, 5.41) is 0. The van der Waals surface area contributed by atoms with Crippen LogP contribution in [0.3, 0.4) is 0 Å². The second kappa shape index (κ2) is 2.74. The third kappa shape index (κ3) is 1.39. The second-order valence-corrected chi connectivity index (χ2v) is 2.56. The van der Waals surface area contributed by atoms with Crippen molar-refractivity contribution in [1.29, 1.82) is 0 Å². The van der Waals surface area contributed by atoms with Crippen molar-refractivity contribution in [2.75, 3.05) is 14.1 Å². The summed E-state index contributed by atoms with van der Waals surface area (Å²) in [7, 11) is 5.21. The van der Waals surface area contributed by atoms with Crippen molar-refractivity contribution in [3.05, 3.63) is 18.2 Å². The van der Waals surface area contributed by atoms with Crippen LogP contribution in [-0.4, -0.2) is 34.5 Å². The number of imidazole rings is 1. The van der Waals surface area contributed by atoms with Gasteiger partial charge in [0.2, 0.25) is 0 Å². The van der Waals surface area contributed by atoms with Crippen LogP contribution in [0.4, 0.5) is 0 Å². The van der Waals surface area contributed by atoms with Gasteiger partial charge in [0.25, 0.3) is 5.91 Å². The molecule has 1 heterocycles. The van der Waals surface area contributed by atoms with Crippen molar-refractivity contribution in [3.63, 3.8) is 0 Å². The fourth-order valence-corrected chi connectivity index (χ4v) is 0.772. The van der Waals surface area contributed by atoms with Crippen LogP contribution in [0.2, 0.25) is 0 Å². The second-order valence-electron chi connectivity index (χ2n) is 2.56. The molecular formula is C7H11N3O. The molecule has 0 atom stereocenters. The predicted octanol–water partition coefficient (Wildman–Crippen LogP) is 0.122. The Balaban J connectivity index is 2.93. The smallest absolute Gasteiger partial charge is 0.289 e. The Morgan fingerprint density at radius 3 is 2.64 bits per heavy atom. The van der Waals surface area contributed by atoms with Crippen LogP contribution in [0.15, 0.2) is 12.4 Å². The standard InChI is InChI=1S/C7H11N3O/c1-9(2)7(11)6-8-4-5-10(6)3/h4-5H,1-3H3. The van der Waals surface area contributed by atoms with Crippen molar-refractivity contribution < 1.29 is 4.79 Å². The Morgan fingerprint density at radius 1 is 1.64 bits per heavy atom. The minimum Gasteiger partial charge on any atom is -0.342 e. The molecule has 0 unspecified atom stereocenters. The van der Waals surface area contributed by atoms with E-state index in [1.54, 1.807) is 38.1 Å². The molecule has 4 heteroatoms. The van der Waals surface area contributed by atoms with Crippen LogP contribution in [0.1, 0.15) is 10.6 Å². The number of nitrogens with zero attached hydrogens (tertiary/aromatic N) is 3. The summed E-state index contributed by atoms with van der Waals surface area (Å²) in [5.74, 6) is 0.396. The fraction of sp³-hybridized carbons (Fsp3) is 0.429. The molecule has 1 rings (SSSR count). The van der Waals surface area contributed by atoms with Crippen molar-refractivity contribution in [2.45, 2.75) is 0 Å². The Labute approximate surface area is 65.5 Å². The van der Waals surface area contributed by atoms with Crippen molar-refractivity contribution >= 4 is 5.91 Å². The zero-order valence-corrected chi connectivity index (χ0v) is 6.90. The topological polar surface area (TPSA) is 38.1 Å². The van der Waals surface area contributed by atoms with E-state index in [2.05, 4.69) is 4.98 Å². The first-order chi connectivity index (χ1) is 5.13. The minimum atomic E-state index is -0.0718. The fourth-order valence-electron chi connectivity index (χ4n) is 0.772. The Hall–Kier alpha value is -1.32. The summed E-state index contributed by atoms with van der Waals surface area (Å²) >= 11 is 0. The number of aromatic nitrogens is 2. The number of rotatable bonds is 1. The third-order valence-corrected chi connectivity index (χ3v) is 1.42. The summed E-state index contributed by atoms with van der Waals surface area (Å²) in [4.78, 5) is 16.7. The van der Waals surface area contributed by atoms with Crippen LogP contribution < -0.4 is 0 Å². The van der Waals surface area contributed by atoms with Gasteiger partial charge in [0.1, 0.15) is 0 Å². The van der Waals surface area contributed by atoms with E-state index in [1.807, 2.05) is 0 Å². The average Bonchev–Trinajstić information content (AvgIpc) is 2.33. The third-order valence-electron chi connectivity index (χ3n) is 1.42. The van der Waals surface area contributed by atoms with Crippen LogP contribution >= 0.6 is 0 Å². The van der Waals surface area contributed by atoms with E-state index in [9.17, 15) is 4.79 Å². The maximum absolute atomic E-state index is 11.3. The van der Waals surface area contributed by atoms with Gasteiger partial charge in [-0.2, -0.15) is 0 Å². The molecule has 0 N–H and O–H groups in total. The number of aryl methyl sites for hydroxylation is 1. The van der Waals surface area contributed by atoms with E-state index in [4.69, 9.17) is 0 Å². The summed E-state index contributed by atoms with van der Waals surface area (Å²) in [6.45, 7) is 0. The quantitative estimate of drug-likeness (QED) is 0.574. The van der Waals surface area contributed by atoms with E-state index >= 15 is 0 Å². The maximum Gasteiger partial charge on any atom is 0.289 e. The number of carbonyl (C=O) groups is 1. The van der Waals surface area contributed by atoms with E-state index in [-0.39, 0.29) is 5.91 Å². The molecule has 0 saturated heterocycles. The van der Waals surface area contributed by atoms with E-state index in [1.165, 1.54) is 4.90 Å². The highest BCUT2D eigenvalue weighted by Gasteiger charge is 2.11. The Kier molecular flexibility index (Phi) is 1.94. The molecule has 0 aliphatic rings. The maximum atomic E-state index is 11.3. The minimum absolute atomic E-state index is 0.0718. The SMILES string of the molecule is CN(C)C(=O)c1nccn1C. The number of hydrogen-bond donors (Lipinski definition) is 0. The Morgan fingerprint density at radius 2 is 2.27 bits per heavy atom. The van der Waals surface area contributed by atoms with Gasteiger partial charge in [0.05, 0.1) is 0 Å². The largest absolute Gasteiger partial charge is 0.342 e. The molecule has 0 fully saturated rings. The molecule has 1 aromatic rings. The highest BCUT2D eigenvalue weighted by atomic mass is 16.2. The van der Waals surface area contributed by atoms with E-state index in [0.717, 1.165) is 0 Å². The zero-order valence-electron chi connectivity index (χ0n) is 6.90. The summed E-state index contributed by atoms with van der Waals surface area (Å²) in [5.41, 5.74) is 0. The predicted molar refractivity (Wildman–Crippen MR) is 41.2 cm³/mol. The molecule has 0 aliphatic carbocycles. The normalized spacial score (nSPS) is 9.73. The molecule has 0 spiro atoms. The summed E-state index contributed by atoms with van der Waals surface area (Å²) in [6, 6.07) is 0. The Bertz CT molecular complexity index is 264. The first kappa shape index (κ1) is 7.78. The molecule has 1 aromatic heterocycles. The van der Waals surface area contributed by atoms with Gasteiger partial charge < -0.3 is 9.47 Å². The molecule has 0 radical (unpaired) electrons. The van der Waals surface area contributed by atoms with Crippen LogP contribution in [-0.2, 0) is 7.05 Å². The van der Waals surface area contributed by atoms with Crippen LogP contribution in [0.25, 0.3) is 0 Å². The van der Waals surface area contributed by atoms with E-state index < -0.39 is 0 Å². The monoisotopic (exact) mass is 153 g/mol. The molecule has 1 amide bonds. The van der Waals surface area contributed by atoms with Crippen molar-refractivity contribution in [2.24, 2.45) is 7.05 Å². The molecule has 0 saturated carbocycles. The highest BCUT2D eigenvalue weighted by Crippen LogP contribution is 1.96. The van der Waals surface area contributed by atoms with Gasteiger partial charge >= 0.3 is 0 Å². The molecule has 11 heavy (non-hydrogen) atoms. The van der Waals surface area contributed by atoms with Gasteiger partial charge in [-0.25, -0.2) is 4.98 Å². The lowest BCUT2D eigenvalue weighted by molar-refractivity contribution is 0.0812. The van der Waals surface area contributed by atoms with Gasteiger partial charge in [-0.05, 0) is 0 Å². The van der Waals surface area contributed by atoms with E-state index in [0.29, 0.717) is 5.82 Å². The van der Waals surface area contributed by atoms with Crippen molar-refractivity contribution in [1.82, 2.24) is 14.5 Å². The number of hydrogen-bond acceptors (Lipinski definition) is 2. The lowest BCUT2D eigenvalue weighted by atomic mass is 10.5. The lowest BCUT2D eigenvalue weighted by Gasteiger charge is -2.08. The average molecular weight is 153 g/mol. The summed E-state index contributed by atoms with van der Waals surface area (Å²) < 4.78 is 1.70. The number of carbonyl (C=O) groups excluding carboxylic acids is 1.